The summed E-state index contributed by atoms with van der Waals surface area (Å²) in [6.45, 7) is 3.95. The Hall–Kier alpha value is -2.82. The lowest BCUT2D eigenvalue weighted by Crippen LogP contribution is -2.66. The van der Waals surface area contributed by atoms with Crippen molar-refractivity contribution in [2.24, 2.45) is 5.41 Å². The number of aromatic amines is 1. The van der Waals surface area contributed by atoms with Gasteiger partial charge in [0.25, 0.3) is 5.91 Å². The van der Waals surface area contributed by atoms with Crippen molar-refractivity contribution in [3.05, 3.63) is 23.6 Å². The summed E-state index contributed by atoms with van der Waals surface area (Å²) >= 11 is 0. The van der Waals surface area contributed by atoms with Crippen molar-refractivity contribution in [3.8, 4) is 0 Å². The molecule has 28 heavy (non-hydrogen) atoms. The number of fused-ring (bicyclic) bond motifs is 1. The number of amides is 2. The first kappa shape index (κ1) is 18.5. The van der Waals surface area contributed by atoms with Gasteiger partial charge in [0.1, 0.15) is 0 Å². The van der Waals surface area contributed by atoms with Gasteiger partial charge in [-0.2, -0.15) is 20.4 Å². The number of hydrogen-bond donors (Lipinski definition) is 2. The molecule has 150 valence electrons. The van der Waals surface area contributed by atoms with E-state index in [2.05, 4.69) is 35.8 Å². The van der Waals surface area contributed by atoms with Crippen LogP contribution in [0.4, 0.5) is 0 Å². The number of carbonyl (C=O) groups excluding carboxylic acids is 2. The van der Waals surface area contributed by atoms with E-state index in [1.54, 1.807) is 11.8 Å². The zero-order chi connectivity index (χ0) is 19.7. The fraction of sp³-hybridized carbons (Fsp3) is 0.647. The zero-order valence-corrected chi connectivity index (χ0v) is 16.0. The molecule has 2 N–H and O–H groups in total. The number of H-pyrrole nitrogens is 1. The molecule has 2 atom stereocenters. The van der Waals surface area contributed by atoms with Gasteiger partial charge < -0.3 is 19.6 Å². The number of likely N-dealkylation sites (tertiary alicyclic amines) is 2. The third-order valence-corrected chi connectivity index (χ3v) is 5.78. The average Bonchev–Trinajstić information content (AvgIpc) is 3.37. The Morgan fingerprint density at radius 2 is 2.25 bits per heavy atom. The molecule has 2 aromatic heterocycles. The lowest BCUT2D eigenvalue weighted by Gasteiger charge is -2.53. The van der Waals surface area contributed by atoms with Crippen molar-refractivity contribution >= 4 is 11.8 Å². The van der Waals surface area contributed by atoms with E-state index in [1.807, 2.05) is 7.05 Å². The van der Waals surface area contributed by atoms with E-state index in [1.165, 1.54) is 6.20 Å². The molecule has 0 aromatic carbocycles. The number of nitrogens with zero attached hydrogens (tertiary/aromatic N) is 6. The van der Waals surface area contributed by atoms with Crippen LogP contribution >= 0.6 is 0 Å². The molecule has 2 aliphatic rings. The Kier molecular flexibility index (Phi) is 4.84. The van der Waals surface area contributed by atoms with Crippen molar-refractivity contribution in [3.63, 3.8) is 0 Å². The molecule has 4 rings (SSSR count). The Bertz CT molecular complexity index is 850. The van der Waals surface area contributed by atoms with E-state index in [0.717, 1.165) is 19.4 Å². The number of hydrogen-bond acceptors (Lipinski definition) is 8. The van der Waals surface area contributed by atoms with Gasteiger partial charge >= 0.3 is 0 Å². The lowest BCUT2D eigenvalue weighted by atomic mass is 9.67. The highest BCUT2D eigenvalue weighted by atomic mass is 16.5. The second-order valence-electron chi connectivity index (χ2n) is 7.55. The molecule has 0 spiro atoms. The van der Waals surface area contributed by atoms with Gasteiger partial charge in [0.15, 0.2) is 11.5 Å². The molecule has 2 amide bonds. The monoisotopic (exact) mass is 388 g/mol. The second-order valence-corrected chi connectivity index (χ2v) is 7.55. The number of aromatic nitrogens is 5. The van der Waals surface area contributed by atoms with Gasteiger partial charge in [0.2, 0.25) is 11.8 Å². The Balaban J connectivity index is 1.57. The highest BCUT2D eigenvalue weighted by Gasteiger charge is 2.53. The number of likely N-dealkylation sites (N-methyl/N-ethyl adjacent to an activating group) is 1. The fourth-order valence-corrected chi connectivity index (χ4v) is 4.35. The molecule has 11 nitrogen and oxygen atoms in total. The summed E-state index contributed by atoms with van der Waals surface area (Å²) in [6, 6.07) is -0.226. The van der Waals surface area contributed by atoms with Crippen molar-refractivity contribution in [1.82, 2.24) is 40.7 Å². The summed E-state index contributed by atoms with van der Waals surface area (Å²) < 4.78 is 4.96. The maximum atomic E-state index is 13.3. The first-order chi connectivity index (χ1) is 13.5. The Morgan fingerprint density at radius 1 is 1.39 bits per heavy atom. The predicted octanol–water partition coefficient (Wildman–Crippen LogP) is -0.261. The van der Waals surface area contributed by atoms with E-state index in [-0.39, 0.29) is 30.1 Å². The van der Waals surface area contributed by atoms with Gasteiger partial charge in [0.05, 0.1) is 24.2 Å². The summed E-state index contributed by atoms with van der Waals surface area (Å²) in [7, 11) is 2.01. The van der Waals surface area contributed by atoms with E-state index >= 15 is 0 Å². The van der Waals surface area contributed by atoms with Crippen LogP contribution in [0.5, 0.6) is 0 Å². The highest BCUT2D eigenvalue weighted by Crippen LogP contribution is 2.43. The van der Waals surface area contributed by atoms with Crippen molar-refractivity contribution in [2.75, 3.05) is 26.7 Å². The first-order valence-corrected chi connectivity index (χ1v) is 9.42. The molecule has 0 unspecified atom stereocenters. The number of nitrogens with one attached hydrogen (secondary N) is 2. The van der Waals surface area contributed by atoms with Crippen LogP contribution in [-0.4, -0.2) is 79.9 Å². The van der Waals surface area contributed by atoms with Crippen LogP contribution < -0.4 is 5.32 Å². The maximum absolute atomic E-state index is 13.3. The van der Waals surface area contributed by atoms with Crippen LogP contribution in [0.2, 0.25) is 0 Å². The Morgan fingerprint density at radius 3 is 2.96 bits per heavy atom. The topological polar surface area (TPSA) is 133 Å². The maximum Gasteiger partial charge on any atom is 0.276 e. The van der Waals surface area contributed by atoms with Crippen LogP contribution in [0.15, 0.2) is 10.7 Å². The summed E-state index contributed by atoms with van der Waals surface area (Å²) in [4.78, 5) is 34.4. The SMILES string of the molecule is Cc1nc(CNC(=O)[C@@]23CCCN(C(=O)c4cn[nH]n4)[C@H]2CN(C)CC3)no1. The molecular weight excluding hydrogens is 364 g/mol. The molecule has 2 fully saturated rings. The summed E-state index contributed by atoms with van der Waals surface area (Å²) in [5, 5.41) is 16.9. The second kappa shape index (κ2) is 7.30. The largest absolute Gasteiger partial charge is 0.348 e. The van der Waals surface area contributed by atoms with Crippen molar-refractivity contribution in [1.29, 1.82) is 0 Å². The van der Waals surface area contributed by atoms with Crippen LogP contribution in [0.25, 0.3) is 0 Å². The molecule has 11 heteroatoms. The van der Waals surface area contributed by atoms with Gasteiger partial charge in [-0.05, 0) is 32.9 Å². The predicted molar refractivity (Wildman–Crippen MR) is 95.9 cm³/mol. The molecule has 2 saturated heterocycles. The third-order valence-electron chi connectivity index (χ3n) is 5.78. The minimum atomic E-state index is -0.636. The molecular formula is C17H24N8O3. The minimum Gasteiger partial charge on any atom is -0.348 e. The molecule has 0 radical (unpaired) electrons. The number of aryl methyl sites for hydroxylation is 1. The van der Waals surface area contributed by atoms with Gasteiger partial charge in [-0.3, -0.25) is 9.59 Å². The molecule has 0 bridgehead atoms. The Labute approximate surface area is 161 Å². The van der Waals surface area contributed by atoms with E-state index in [9.17, 15) is 9.59 Å². The van der Waals surface area contributed by atoms with Crippen LogP contribution in [-0.2, 0) is 11.3 Å². The summed E-state index contributed by atoms with van der Waals surface area (Å²) in [5.41, 5.74) is -0.366. The number of rotatable bonds is 4. The normalized spacial score (nSPS) is 25.4. The zero-order valence-electron chi connectivity index (χ0n) is 16.0. The molecule has 4 heterocycles. The highest BCUT2D eigenvalue weighted by molar-refractivity contribution is 5.93. The third kappa shape index (κ3) is 3.26. The van der Waals surface area contributed by atoms with E-state index < -0.39 is 5.41 Å². The smallest absolute Gasteiger partial charge is 0.276 e. The van der Waals surface area contributed by atoms with Crippen molar-refractivity contribution < 1.29 is 14.1 Å². The van der Waals surface area contributed by atoms with Crippen LogP contribution in [0.1, 0.15) is 41.5 Å². The standard InChI is InChI=1S/C17H24N8O3/c1-11-20-14(22-28-11)9-18-16(27)17-4-3-6-25(13(17)10-24(2)7-5-17)15(26)12-8-19-23-21-12/h8,13H,3-7,9-10H2,1-2H3,(H,18,27)(H,19,21,23)/t13-,17+/m0/s1. The summed E-state index contributed by atoms with van der Waals surface area (Å²) in [6.07, 6.45) is 3.61. The van der Waals surface area contributed by atoms with Crippen LogP contribution in [0, 0.1) is 12.3 Å². The quantitative estimate of drug-likeness (QED) is 0.732. The van der Waals surface area contributed by atoms with E-state index in [0.29, 0.717) is 31.2 Å². The minimum absolute atomic E-state index is 0.0642. The molecule has 0 aliphatic carbocycles. The van der Waals surface area contributed by atoms with Gasteiger partial charge in [-0.15, -0.1) is 0 Å². The molecule has 2 aliphatic heterocycles. The number of piperidine rings is 2. The first-order valence-electron chi connectivity index (χ1n) is 9.42. The average molecular weight is 388 g/mol. The van der Waals surface area contributed by atoms with Crippen LogP contribution in [0.3, 0.4) is 0 Å². The fourth-order valence-electron chi connectivity index (χ4n) is 4.35. The molecule has 2 aromatic rings. The van der Waals surface area contributed by atoms with Gasteiger partial charge in [0, 0.05) is 20.0 Å². The molecule has 0 saturated carbocycles. The van der Waals surface area contributed by atoms with Gasteiger partial charge in [-0.1, -0.05) is 5.16 Å². The lowest BCUT2D eigenvalue weighted by molar-refractivity contribution is -0.142. The van der Waals surface area contributed by atoms with Crippen molar-refractivity contribution in [2.45, 2.75) is 38.8 Å². The number of carbonyl (C=O) groups is 2. The van der Waals surface area contributed by atoms with E-state index in [4.69, 9.17) is 4.52 Å². The summed E-state index contributed by atoms with van der Waals surface area (Å²) in [5.74, 6) is 0.644. The van der Waals surface area contributed by atoms with Gasteiger partial charge in [-0.25, -0.2) is 0 Å².